The Morgan fingerprint density at radius 2 is 0.983 bits per heavy atom. The van der Waals surface area contributed by atoms with Crippen molar-refractivity contribution >= 4 is 5.91 Å². The smallest absolute Gasteiger partial charge is 0.220 e. The van der Waals surface area contributed by atoms with Gasteiger partial charge in [0.05, 0.1) is 25.4 Å². The van der Waals surface area contributed by atoms with Crippen LogP contribution in [0.25, 0.3) is 0 Å². The lowest BCUT2D eigenvalue weighted by Crippen LogP contribution is -2.60. The molecule has 0 radical (unpaired) electrons. The number of amides is 1. The lowest BCUT2D eigenvalue weighted by molar-refractivity contribution is -0.302. The zero-order chi connectivity index (χ0) is 42.3. The third-order valence-corrected chi connectivity index (χ3v) is 11.4. The number of allylic oxidation sites excluding steroid dienone is 5. The molecule has 1 heterocycles. The number of carbonyl (C=O) groups is 1. The van der Waals surface area contributed by atoms with Crippen LogP contribution in [0.5, 0.6) is 0 Å². The molecule has 58 heavy (non-hydrogen) atoms. The average molecular weight is 822 g/mol. The van der Waals surface area contributed by atoms with E-state index in [1.165, 1.54) is 141 Å². The summed E-state index contributed by atoms with van der Waals surface area (Å²) in [7, 11) is 0. The fourth-order valence-electron chi connectivity index (χ4n) is 7.54. The number of ether oxygens (including phenoxy) is 2. The highest BCUT2D eigenvalue weighted by atomic mass is 16.7. The summed E-state index contributed by atoms with van der Waals surface area (Å²) in [6.45, 7) is 3.75. The second kappa shape index (κ2) is 39.5. The van der Waals surface area contributed by atoms with Crippen LogP contribution in [0.1, 0.15) is 213 Å². The molecule has 6 N–H and O–H groups in total. The van der Waals surface area contributed by atoms with E-state index in [2.05, 4.69) is 43.5 Å². The number of unbranched alkanes of at least 4 members (excludes halogenated alkanes) is 26. The Bertz CT molecular complexity index is 1000. The molecule has 0 aromatic rings. The number of aliphatic hydroxyl groups excluding tert-OH is 5. The van der Waals surface area contributed by atoms with Gasteiger partial charge in [-0.2, -0.15) is 0 Å². The van der Waals surface area contributed by atoms with E-state index in [4.69, 9.17) is 9.47 Å². The van der Waals surface area contributed by atoms with Gasteiger partial charge in [-0.05, 0) is 44.9 Å². The number of nitrogens with one attached hydrogen (secondary N) is 1. The van der Waals surface area contributed by atoms with Crippen LogP contribution in [0.4, 0.5) is 0 Å². The second-order valence-electron chi connectivity index (χ2n) is 16.9. The van der Waals surface area contributed by atoms with E-state index in [0.29, 0.717) is 6.42 Å². The topological polar surface area (TPSA) is 149 Å². The van der Waals surface area contributed by atoms with Crippen LogP contribution in [0.2, 0.25) is 0 Å². The quantitative estimate of drug-likeness (QED) is 0.0264. The summed E-state index contributed by atoms with van der Waals surface area (Å²) in [4.78, 5) is 13.0. The molecule has 1 aliphatic rings. The minimum atomic E-state index is -1.57. The molecule has 0 aliphatic carbocycles. The molecule has 0 bridgehead atoms. The molecule has 1 rings (SSSR count). The van der Waals surface area contributed by atoms with E-state index in [-0.39, 0.29) is 12.5 Å². The highest BCUT2D eigenvalue weighted by Crippen LogP contribution is 2.23. The van der Waals surface area contributed by atoms with Gasteiger partial charge < -0.3 is 40.3 Å². The standard InChI is InChI=1S/C49H91NO8/c1-3-5-7-9-11-13-15-17-19-21-22-23-25-27-29-31-33-35-37-39-45(53)50-42(41-57-49-48(56)47(55)46(54)44(40-51)58-49)43(52)38-36-34-32-30-28-26-24-20-18-16-14-12-10-8-6-4-2/h18,20,28,30,36,38,42-44,46-49,51-52,54-56H,3-17,19,21-27,29,31-35,37,39-41H2,1-2H3,(H,50,53)/b20-18+,30-28+,38-36+. The molecule has 0 aromatic heterocycles. The third-order valence-electron chi connectivity index (χ3n) is 11.4. The monoisotopic (exact) mass is 822 g/mol. The number of hydrogen-bond acceptors (Lipinski definition) is 8. The van der Waals surface area contributed by atoms with Gasteiger partial charge in [0.25, 0.3) is 0 Å². The van der Waals surface area contributed by atoms with Crippen LogP contribution in [0, 0.1) is 0 Å². The van der Waals surface area contributed by atoms with Gasteiger partial charge in [-0.15, -0.1) is 0 Å². The van der Waals surface area contributed by atoms with Crippen molar-refractivity contribution in [2.75, 3.05) is 13.2 Å². The van der Waals surface area contributed by atoms with Crippen molar-refractivity contribution in [3.63, 3.8) is 0 Å². The minimum Gasteiger partial charge on any atom is -0.394 e. The fraction of sp³-hybridized carbons (Fsp3) is 0.857. The predicted molar refractivity (Wildman–Crippen MR) is 240 cm³/mol. The normalized spacial score (nSPS) is 21.1. The van der Waals surface area contributed by atoms with Crippen molar-refractivity contribution in [2.24, 2.45) is 0 Å². The first kappa shape index (κ1) is 54.4. The van der Waals surface area contributed by atoms with Crippen LogP contribution >= 0.6 is 0 Å². The fourth-order valence-corrected chi connectivity index (χ4v) is 7.54. The van der Waals surface area contributed by atoms with Gasteiger partial charge in [-0.1, -0.05) is 198 Å². The Balaban J connectivity index is 2.35. The molecule has 9 nitrogen and oxygen atoms in total. The van der Waals surface area contributed by atoms with Crippen LogP contribution < -0.4 is 5.32 Å². The Labute approximate surface area is 355 Å². The summed E-state index contributed by atoms with van der Waals surface area (Å²) in [6, 6.07) is -0.824. The van der Waals surface area contributed by atoms with Crippen LogP contribution in [0.3, 0.4) is 0 Å². The Hall–Kier alpha value is -1.59. The first-order chi connectivity index (χ1) is 28.3. The summed E-state index contributed by atoms with van der Waals surface area (Å²) >= 11 is 0. The lowest BCUT2D eigenvalue weighted by atomic mass is 9.99. The van der Waals surface area contributed by atoms with Gasteiger partial charge in [0.1, 0.15) is 24.4 Å². The first-order valence-electron chi connectivity index (χ1n) is 24.2. The SMILES string of the molecule is CCCCCCCC/C=C/CC/C=C/CC/C=C/C(O)C(COC1OC(CO)C(O)C(O)C1O)NC(=O)CCCCCCCCCCCCCCCCCCCCC. The molecule has 0 aromatic carbocycles. The van der Waals surface area contributed by atoms with Gasteiger partial charge >= 0.3 is 0 Å². The van der Waals surface area contributed by atoms with Crippen molar-refractivity contribution in [1.29, 1.82) is 0 Å². The number of carbonyl (C=O) groups excluding carboxylic acids is 1. The van der Waals surface area contributed by atoms with Crippen molar-refractivity contribution in [2.45, 2.75) is 256 Å². The van der Waals surface area contributed by atoms with Crippen LogP contribution in [0.15, 0.2) is 36.5 Å². The molecule has 1 fully saturated rings. The molecular formula is C49H91NO8. The van der Waals surface area contributed by atoms with Gasteiger partial charge in [-0.3, -0.25) is 4.79 Å². The predicted octanol–water partition coefficient (Wildman–Crippen LogP) is 10.5. The van der Waals surface area contributed by atoms with E-state index < -0.39 is 49.5 Å². The van der Waals surface area contributed by atoms with Crippen molar-refractivity contribution < 1.29 is 39.8 Å². The van der Waals surface area contributed by atoms with Crippen molar-refractivity contribution in [3.05, 3.63) is 36.5 Å². The molecule has 7 atom stereocenters. The Morgan fingerprint density at radius 1 is 0.569 bits per heavy atom. The molecule has 1 aliphatic heterocycles. The van der Waals surface area contributed by atoms with Gasteiger partial charge in [-0.25, -0.2) is 0 Å². The minimum absolute atomic E-state index is 0.189. The summed E-state index contributed by atoms with van der Waals surface area (Å²) in [5.74, 6) is -0.189. The van der Waals surface area contributed by atoms with Crippen LogP contribution in [-0.2, 0) is 14.3 Å². The molecule has 0 saturated carbocycles. The van der Waals surface area contributed by atoms with Crippen LogP contribution in [-0.4, -0.2) is 87.5 Å². The molecule has 7 unspecified atom stereocenters. The highest BCUT2D eigenvalue weighted by Gasteiger charge is 2.44. The highest BCUT2D eigenvalue weighted by molar-refractivity contribution is 5.76. The zero-order valence-corrected chi connectivity index (χ0v) is 37.3. The Morgan fingerprint density at radius 3 is 1.45 bits per heavy atom. The van der Waals surface area contributed by atoms with E-state index in [1.807, 2.05) is 6.08 Å². The van der Waals surface area contributed by atoms with Gasteiger partial charge in [0.15, 0.2) is 6.29 Å². The molecule has 1 saturated heterocycles. The average Bonchev–Trinajstić information content (AvgIpc) is 3.22. The summed E-state index contributed by atoms with van der Waals surface area (Å²) in [5.41, 5.74) is 0. The number of aliphatic hydroxyl groups is 5. The molecule has 1 amide bonds. The van der Waals surface area contributed by atoms with E-state index in [1.54, 1.807) is 6.08 Å². The van der Waals surface area contributed by atoms with Gasteiger partial charge in [0.2, 0.25) is 5.91 Å². The maximum absolute atomic E-state index is 13.0. The molecular weight excluding hydrogens is 731 g/mol. The Kier molecular flexibility index (Phi) is 37.1. The molecule has 340 valence electrons. The lowest BCUT2D eigenvalue weighted by Gasteiger charge is -2.40. The number of rotatable bonds is 40. The molecule has 0 spiro atoms. The zero-order valence-electron chi connectivity index (χ0n) is 37.3. The number of hydrogen-bond donors (Lipinski definition) is 6. The van der Waals surface area contributed by atoms with E-state index in [9.17, 15) is 30.3 Å². The largest absolute Gasteiger partial charge is 0.394 e. The van der Waals surface area contributed by atoms with E-state index in [0.717, 1.165) is 51.4 Å². The maximum Gasteiger partial charge on any atom is 0.220 e. The summed E-state index contributed by atoms with van der Waals surface area (Å²) in [6.07, 6.45) is 41.9. The van der Waals surface area contributed by atoms with Crippen molar-refractivity contribution in [1.82, 2.24) is 5.32 Å². The third kappa shape index (κ3) is 29.6. The first-order valence-corrected chi connectivity index (χ1v) is 24.2. The van der Waals surface area contributed by atoms with Gasteiger partial charge in [0, 0.05) is 6.42 Å². The van der Waals surface area contributed by atoms with Crippen molar-refractivity contribution in [3.8, 4) is 0 Å². The van der Waals surface area contributed by atoms with E-state index >= 15 is 0 Å². The summed E-state index contributed by atoms with van der Waals surface area (Å²) < 4.78 is 11.2. The second-order valence-corrected chi connectivity index (χ2v) is 16.9. The summed E-state index contributed by atoms with van der Waals surface area (Å²) in [5, 5.41) is 54.2. The molecule has 9 heteroatoms. The maximum atomic E-state index is 13.0.